The number of sulfonamides is 1. The van der Waals surface area contributed by atoms with Gasteiger partial charge in [-0.1, -0.05) is 26.0 Å². The van der Waals surface area contributed by atoms with Gasteiger partial charge in [-0.25, -0.2) is 13.4 Å². The smallest absolute Gasteiger partial charge is 0.262 e. The highest BCUT2D eigenvalue weighted by Gasteiger charge is 2.54. The predicted molar refractivity (Wildman–Crippen MR) is 145 cm³/mol. The van der Waals surface area contributed by atoms with Crippen molar-refractivity contribution in [2.75, 3.05) is 13.1 Å². The molecule has 2 saturated heterocycles. The molecule has 204 valence electrons. The van der Waals surface area contributed by atoms with Gasteiger partial charge in [-0.3, -0.25) is 19.4 Å². The zero-order valence-corrected chi connectivity index (χ0v) is 23.2. The van der Waals surface area contributed by atoms with Crippen LogP contribution in [0.5, 0.6) is 0 Å². The number of aromatic nitrogens is 2. The van der Waals surface area contributed by atoms with Gasteiger partial charge in [0.15, 0.2) is 10.8 Å². The summed E-state index contributed by atoms with van der Waals surface area (Å²) in [5, 5.41) is 2.74. The second kappa shape index (κ2) is 10.9. The molecule has 0 bridgehead atoms. The number of rotatable bonds is 8. The molecule has 5 rings (SSSR count). The van der Waals surface area contributed by atoms with E-state index in [4.69, 9.17) is 0 Å². The average Bonchev–Trinajstić information content (AvgIpc) is 3.66. The normalized spacial score (nSPS) is 20.3. The molecule has 0 aromatic carbocycles. The molecule has 12 heteroatoms. The summed E-state index contributed by atoms with van der Waals surface area (Å²) in [5.74, 6) is -1.01. The number of carbonyl (C=O) groups excluding carboxylic acids is 3. The van der Waals surface area contributed by atoms with Gasteiger partial charge in [-0.05, 0) is 55.2 Å². The zero-order chi connectivity index (χ0) is 27.7. The molecule has 0 saturated carbocycles. The fourth-order valence-corrected chi connectivity index (χ4v) is 7.63. The van der Waals surface area contributed by atoms with Crippen molar-refractivity contribution in [3.05, 3.63) is 65.8 Å². The quantitative estimate of drug-likeness (QED) is 0.443. The molecule has 39 heavy (non-hydrogen) atoms. The topological polar surface area (TPSA) is 130 Å². The zero-order valence-electron chi connectivity index (χ0n) is 21.6. The third-order valence-corrected chi connectivity index (χ3v) is 9.82. The van der Waals surface area contributed by atoms with Crippen molar-refractivity contribution in [1.29, 1.82) is 0 Å². The molecule has 0 radical (unpaired) electrons. The van der Waals surface area contributed by atoms with Gasteiger partial charge < -0.3 is 10.2 Å². The van der Waals surface area contributed by atoms with Crippen LogP contribution in [0.4, 0.5) is 0 Å². The Kier molecular flexibility index (Phi) is 7.61. The van der Waals surface area contributed by atoms with Crippen LogP contribution in [0.2, 0.25) is 0 Å². The minimum Gasteiger partial charge on any atom is -0.340 e. The fraction of sp³-hybridized carbons (Fsp3) is 0.370. The number of nitrogens with zero attached hydrogens (tertiary/aromatic N) is 4. The summed E-state index contributed by atoms with van der Waals surface area (Å²) in [6.07, 6.45) is 3.78. The number of fused-ring (bicyclic) bond motifs is 1. The van der Waals surface area contributed by atoms with E-state index in [2.05, 4.69) is 15.3 Å². The monoisotopic (exact) mass is 567 g/mol. The maximum absolute atomic E-state index is 13.8. The highest BCUT2D eigenvalue weighted by atomic mass is 32.2. The van der Waals surface area contributed by atoms with Crippen LogP contribution in [0.1, 0.15) is 36.4 Å². The summed E-state index contributed by atoms with van der Waals surface area (Å²) in [5.41, 5.74) is 0.754. The molecule has 3 aromatic heterocycles. The van der Waals surface area contributed by atoms with E-state index in [-0.39, 0.29) is 41.6 Å². The highest BCUT2D eigenvalue weighted by Crippen LogP contribution is 2.34. The lowest BCUT2D eigenvalue weighted by Gasteiger charge is -2.29. The number of ketones is 1. The first kappa shape index (κ1) is 27.1. The first-order valence-corrected chi connectivity index (χ1v) is 15.0. The Labute approximate surface area is 231 Å². The Morgan fingerprint density at radius 1 is 1.08 bits per heavy atom. The minimum atomic E-state index is -4.00. The second-order valence-electron chi connectivity index (χ2n) is 10.1. The molecule has 0 aliphatic carbocycles. The van der Waals surface area contributed by atoms with E-state index in [0.29, 0.717) is 17.7 Å². The summed E-state index contributed by atoms with van der Waals surface area (Å²) < 4.78 is 27.6. The third-order valence-electron chi connectivity index (χ3n) is 6.93. The van der Waals surface area contributed by atoms with Crippen LogP contribution in [-0.2, 0) is 19.6 Å². The number of likely N-dealkylation sites (tertiary alicyclic amines) is 1. The lowest BCUT2D eigenvalue weighted by Crippen LogP contribution is -2.52. The Morgan fingerprint density at radius 3 is 2.49 bits per heavy atom. The summed E-state index contributed by atoms with van der Waals surface area (Å²) in [6.45, 7) is 3.81. The Balaban J connectivity index is 1.33. The van der Waals surface area contributed by atoms with Crippen LogP contribution < -0.4 is 5.32 Å². The van der Waals surface area contributed by atoms with E-state index in [1.54, 1.807) is 24.4 Å². The maximum Gasteiger partial charge on any atom is 0.262 e. The van der Waals surface area contributed by atoms with E-state index >= 15 is 0 Å². The fourth-order valence-electron chi connectivity index (χ4n) is 5.19. The van der Waals surface area contributed by atoms with E-state index in [0.717, 1.165) is 14.9 Å². The molecule has 2 aliphatic rings. The molecule has 3 atom stereocenters. The summed E-state index contributed by atoms with van der Waals surface area (Å²) in [4.78, 5) is 51.0. The van der Waals surface area contributed by atoms with Gasteiger partial charge in [0.25, 0.3) is 15.9 Å². The lowest BCUT2D eigenvalue weighted by atomic mass is 10.0. The van der Waals surface area contributed by atoms with Crippen molar-refractivity contribution in [1.82, 2.24) is 24.5 Å². The molecule has 5 heterocycles. The molecule has 2 aliphatic heterocycles. The highest BCUT2D eigenvalue weighted by molar-refractivity contribution is 7.89. The minimum absolute atomic E-state index is 0.0883. The summed E-state index contributed by atoms with van der Waals surface area (Å²) >= 11 is 1.28. The molecule has 1 N–H and O–H groups in total. The van der Waals surface area contributed by atoms with Crippen LogP contribution >= 0.6 is 11.3 Å². The first-order chi connectivity index (χ1) is 18.7. The van der Waals surface area contributed by atoms with Crippen molar-refractivity contribution in [2.45, 2.75) is 49.8 Å². The predicted octanol–water partition coefficient (Wildman–Crippen LogP) is 2.59. The van der Waals surface area contributed by atoms with E-state index in [1.807, 2.05) is 38.1 Å². The van der Waals surface area contributed by atoms with Gasteiger partial charge >= 0.3 is 0 Å². The van der Waals surface area contributed by atoms with Crippen molar-refractivity contribution in [3.8, 4) is 10.6 Å². The average molecular weight is 568 g/mol. The van der Waals surface area contributed by atoms with Crippen molar-refractivity contribution in [2.24, 2.45) is 5.92 Å². The molecular formula is C27H29N5O5S2. The van der Waals surface area contributed by atoms with Crippen LogP contribution in [0.25, 0.3) is 10.6 Å². The number of amides is 2. The molecule has 3 aromatic rings. The third kappa shape index (κ3) is 5.36. The van der Waals surface area contributed by atoms with Gasteiger partial charge in [-0.2, -0.15) is 4.31 Å². The van der Waals surface area contributed by atoms with Crippen molar-refractivity contribution < 1.29 is 22.8 Å². The van der Waals surface area contributed by atoms with Crippen LogP contribution in [0.15, 0.2) is 66.0 Å². The van der Waals surface area contributed by atoms with Crippen molar-refractivity contribution >= 4 is 39.0 Å². The van der Waals surface area contributed by atoms with Crippen LogP contribution in [0.3, 0.4) is 0 Å². The summed E-state index contributed by atoms with van der Waals surface area (Å²) in [7, 11) is -4.00. The molecular weight excluding hydrogens is 538 g/mol. The SMILES string of the molecule is CC(C)CC(NC(=O)c1ccc(-c2ccccn2)s1)C(=O)N1CCC2C1C(=O)CN2S(=O)(=O)c1ccccn1. The lowest BCUT2D eigenvalue weighted by molar-refractivity contribution is -0.138. The molecule has 2 amide bonds. The second-order valence-corrected chi connectivity index (χ2v) is 13.0. The molecule has 10 nitrogen and oxygen atoms in total. The van der Waals surface area contributed by atoms with Gasteiger partial charge in [0, 0.05) is 18.9 Å². The van der Waals surface area contributed by atoms with E-state index < -0.39 is 28.1 Å². The summed E-state index contributed by atoms with van der Waals surface area (Å²) in [6, 6.07) is 11.2. The van der Waals surface area contributed by atoms with Crippen molar-refractivity contribution in [3.63, 3.8) is 0 Å². The number of pyridine rings is 2. The molecule has 2 fully saturated rings. The molecule has 0 spiro atoms. The first-order valence-electron chi connectivity index (χ1n) is 12.7. The number of nitrogens with one attached hydrogen (secondary N) is 1. The van der Waals surface area contributed by atoms with Gasteiger partial charge in [0.2, 0.25) is 5.91 Å². The maximum atomic E-state index is 13.8. The number of thiophene rings is 1. The number of Topliss-reactive ketones (excluding diaryl/α,β-unsaturated/α-hetero) is 1. The van der Waals surface area contributed by atoms with Crippen LogP contribution in [-0.4, -0.2) is 76.4 Å². The van der Waals surface area contributed by atoms with Gasteiger partial charge in [-0.15, -0.1) is 11.3 Å². The Morgan fingerprint density at radius 2 is 1.82 bits per heavy atom. The number of hydrogen-bond acceptors (Lipinski definition) is 8. The van der Waals surface area contributed by atoms with E-state index in [9.17, 15) is 22.8 Å². The standard InChI is InChI=1S/C27H29N5O5S2/c1-17(2)15-19(30-26(34)23-10-9-22(38-23)18-7-3-5-12-28-18)27(35)31-14-11-20-25(31)21(33)16-32(20)39(36,37)24-8-4-6-13-29-24/h3-10,12-13,17,19-20,25H,11,14-16H2,1-2H3,(H,30,34). The Bertz CT molecular complexity index is 1480. The number of carbonyl (C=O) groups is 3. The van der Waals surface area contributed by atoms with Gasteiger partial charge in [0.05, 0.1) is 28.0 Å². The molecule has 3 unspecified atom stereocenters. The van der Waals surface area contributed by atoms with Crippen LogP contribution in [0, 0.1) is 5.92 Å². The Hall–Kier alpha value is -3.48. The number of hydrogen-bond donors (Lipinski definition) is 1. The van der Waals surface area contributed by atoms with Gasteiger partial charge in [0.1, 0.15) is 12.1 Å². The van der Waals surface area contributed by atoms with E-state index in [1.165, 1.54) is 28.5 Å². The largest absolute Gasteiger partial charge is 0.340 e.